The summed E-state index contributed by atoms with van der Waals surface area (Å²) < 4.78 is 5.26. The second-order valence-electron chi connectivity index (χ2n) is 6.51. The quantitative estimate of drug-likeness (QED) is 0.578. The molecular formula is C21H22N4O3S. The number of nitrogens with two attached hydrogens (primary N) is 2. The molecule has 0 radical (unpaired) electrons. The molecule has 0 aliphatic rings. The number of aromatic nitrogens is 1. The van der Waals surface area contributed by atoms with Gasteiger partial charge in [0.25, 0.3) is 0 Å². The number of methoxy groups -OCH3 is 1. The minimum Gasteiger partial charge on any atom is -0.497 e. The summed E-state index contributed by atoms with van der Waals surface area (Å²) in [7, 11) is 1.58. The lowest BCUT2D eigenvalue weighted by Gasteiger charge is -2.28. The third-order valence-corrected chi connectivity index (χ3v) is 5.62. The van der Waals surface area contributed by atoms with Crippen molar-refractivity contribution in [3.63, 3.8) is 0 Å². The number of hydrogen-bond donors (Lipinski definition) is 2. The first-order chi connectivity index (χ1) is 13.8. The average Bonchev–Trinajstić information content (AvgIpc) is 3.10. The van der Waals surface area contributed by atoms with Gasteiger partial charge in [-0.3, -0.25) is 9.59 Å². The Labute approximate surface area is 172 Å². The van der Waals surface area contributed by atoms with E-state index < -0.39 is 11.9 Å². The number of thiazole rings is 1. The number of anilines is 3. The second-order valence-corrected chi connectivity index (χ2v) is 7.48. The van der Waals surface area contributed by atoms with E-state index in [-0.39, 0.29) is 11.6 Å². The maximum Gasteiger partial charge on any atom is 0.240 e. The summed E-state index contributed by atoms with van der Waals surface area (Å²) in [6.45, 7) is 3.58. The zero-order chi connectivity index (χ0) is 21.1. The molecule has 8 heteroatoms. The summed E-state index contributed by atoms with van der Waals surface area (Å²) in [6, 6.07) is 13.6. The molecular weight excluding hydrogens is 388 g/mol. The SMILES string of the molecule is COc1ccc(N(c2nc(N)c(C(=O)c3ccccc3)s2)[C@H](C)C(N)=O)c(C)c1. The topological polar surface area (TPSA) is 112 Å². The Morgan fingerprint density at radius 3 is 2.45 bits per heavy atom. The third-order valence-electron chi connectivity index (χ3n) is 4.55. The molecule has 4 N–H and O–H groups in total. The number of carbonyl (C=O) groups excluding carboxylic acids is 2. The van der Waals surface area contributed by atoms with Crippen LogP contribution < -0.4 is 21.1 Å². The first-order valence-electron chi connectivity index (χ1n) is 8.92. The Morgan fingerprint density at radius 2 is 1.86 bits per heavy atom. The minimum atomic E-state index is -0.702. The van der Waals surface area contributed by atoms with Crippen LogP contribution in [0.4, 0.5) is 16.6 Å². The van der Waals surface area contributed by atoms with Crippen molar-refractivity contribution in [2.75, 3.05) is 17.7 Å². The summed E-state index contributed by atoms with van der Waals surface area (Å²) in [6.07, 6.45) is 0. The van der Waals surface area contributed by atoms with Gasteiger partial charge < -0.3 is 21.1 Å². The summed E-state index contributed by atoms with van der Waals surface area (Å²) in [5.74, 6) is 0.0677. The monoisotopic (exact) mass is 410 g/mol. The zero-order valence-electron chi connectivity index (χ0n) is 16.4. The number of rotatable bonds is 7. The molecule has 0 aliphatic heterocycles. The van der Waals surface area contributed by atoms with E-state index in [0.717, 1.165) is 22.6 Å². The summed E-state index contributed by atoms with van der Waals surface area (Å²) in [5, 5.41) is 0.418. The van der Waals surface area contributed by atoms with Gasteiger partial charge in [0.2, 0.25) is 11.7 Å². The number of hydrogen-bond acceptors (Lipinski definition) is 7. The zero-order valence-corrected chi connectivity index (χ0v) is 17.2. The van der Waals surface area contributed by atoms with Crippen molar-refractivity contribution in [3.05, 3.63) is 64.5 Å². The Kier molecular flexibility index (Phi) is 5.84. The number of amides is 1. The Morgan fingerprint density at radius 1 is 1.17 bits per heavy atom. The highest BCUT2D eigenvalue weighted by Gasteiger charge is 2.28. The van der Waals surface area contributed by atoms with Gasteiger partial charge in [0.15, 0.2) is 5.13 Å². The predicted octanol–water partition coefficient (Wildman–Crippen LogP) is 3.29. The van der Waals surface area contributed by atoms with E-state index in [2.05, 4.69) is 4.98 Å². The number of aryl methyl sites for hydroxylation is 1. The highest BCUT2D eigenvalue weighted by atomic mass is 32.1. The number of nitrogens with zero attached hydrogens (tertiary/aromatic N) is 2. The fourth-order valence-electron chi connectivity index (χ4n) is 2.94. The van der Waals surface area contributed by atoms with Crippen LogP contribution in [0.25, 0.3) is 0 Å². The third kappa shape index (κ3) is 4.07. The number of ketones is 1. The number of nitrogen functional groups attached to an aromatic ring is 1. The Hall–Kier alpha value is -3.39. The van der Waals surface area contributed by atoms with Crippen LogP contribution in [0.3, 0.4) is 0 Å². The predicted molar refractivity (Wildman–Crippen MR) is 115 cm³/mol. The van der Waals surface area contributed by atoms with Crippen LogP contribution in [-0.4, -0.2) is 29.8 Å². The molecule has 29 heavy (non-hydrogen) atoms. The number of carbonyl (C=O) groups is 2. The summed E-state index contributed by atoms with van der Waals surface area (Å²) in [5.41, 5.74) is 13.8. The molecule has 3 rings (SSSR count). The van der Waals surface area contributed by atoms with E-state index in [1.807, 2.05) is 25.1 Å². The Balaban J connectivity index is 2.08. The van der Waals surface area contributed by atoms with Crippen LogP contribution in [0, 0.1) is 6.92 Å². The average molecular weight is 410 g/mol. The molecule has 0 fully saturated rings. The van der Waals surface area contributed by atoms with Crippen molar-refractivity contribution in [1.82, 2.24) is 4.98 Å². The number of ether oxygens (including phenoxy) is 1. The van der Waals surface area contributed by atoms with Gasteiger partial charge in [0, 0.05) is 11.3 Å². The van der Waals surface area contributed by atoms with Crippen LogP contribution in [0.1, 0.15) is 27.7 Å². The first-order valence-corrected chi connectivity index (χ1v) is 9.74. The number of primary amides is 1. The largest absolute Gasteiger partial charge is 0.497 e. The van der Waals surface area contributed by atoms with E-state index in [9.17, 15) is 9.59 Å². The van der Waals surface area contributed by atoms with Crippen molar-refractivity contribution in [2.24, 2.45) is 5.73 Å². The molecule has 0 bridgehead atoms. The van der Waals surface area contributed by atoms with Crippen LogP contribution in [-0.2, 0) is 4.79 Å². The van der Waals surface area contributed by atoms with Gasteiger partial charge in [-0.25, -0.2) is 4.98 Å². The van der Waals surface area contributed by atoms with E-state index in [0.29, 0.717) is 21.3 Å². The molecule has 1 aromatic heterocycles. The maximum absolute atomic E-state index is 12.9. The van der Waals surface area contributed by atoms with Crippen LogP contribution in [0.2, 0.25) is 0 Å². The van der Waals surface area contributed by atoms with Gasteiger partial charge in [-0.2, -0.15) is 0 Å². The fraction of sp³-hybridized carbons (Fsp3) is 0.190. The van der Waals surface area contributed by atoms with Crippen LogP contribution in [0.5, 0.6) is 5.75 Å². The van der Waals surface area contributed by atoms with E-state index in [4.69, 9.17) is 16.2 Å². The molecule has 2 aromatic carbocycles. The molecule has 0 saturated carbocycles. The van der Waals surface area contributed by atoms with Crippen LogP contribution >= 0.6 is 11.3 Å². The van der Waals surface area contributed by atoms with Crippen LogP contribution in [0.15, 0.2) is 48.5 Å². The van der Waals surface area contributed by atoms with Crippen molar-refractivity contribution in [2.45, 2.75) is 19.9 Å². The van der Waals surface area contributed by atoms with Crippen molar-refractivity contribution in [3.8, 4) is 5.75 Å². The van der Waals surface area contributed by atoms with Crippen molar-refractivity contribution < 1.29 is 14.3 Å². The maximum atomic E-state index is 12.9. The summed E-state index contributed by atoms with van der Waals surface area (Å²) in [4.78, 5) is 31.3. The van der Waals surface area contributed by atoms with Gasteiger partial charge in [-0.05, 0) is 37.6 Å². The van der Waals surface area contributed by atoms with Gasteiger partial charge in [0.1, 0.15) is 22.5 Å². The normalized spacial score (nSPS) is 11.7. The molecule has 0 aliphatic carbocycles. The molecule has 1 heterocycles. The van der Waals surface area contributed by atoms with E-state index >= 15 is 0 Å². The lowest BCUT2D eigenvalue weighted by Crippen LogP contribution is -2.40. The van der Waals surface area contributed by atoms with Gasteiger partial charge in [-0.1, -0.05) is 41.7 Å². The lowest BCUT2D eigenvalue weighted by atomic mass is 10.1. The second kappa shape index (κ2) is 8.32. The highest BCUT2D eigenvalue weighted by Crippen LogP contribution is 2.38. The summed E-state index contributed by atoms with van der Waals surface area (Å²) >= 11 is 1.13. The molecule has 0 unspecified atom stereocenters. The minimum absolute atomic E-state index is 0.117. The smallest absolute Gasteiger partial charge is 0.240 e. The van der Waals surface area contributed by atoms with E-state index in [1.54, 1.807) is 49.3 Å². The van der Waals surface area contributed by atoms with Crippen molar-refractivity contribution in [1.29, 1.82) is 0 Å². The van der Waals surface area contributed by atoms with Gasteiger partial charge in [0.05, 0.1) is 7.11 Å². The molecule has 150 valence electrons. The van der Waals surface area contributed by atoms with E-state index in [1.165, 1.54) is 0 Å². The first kappa shape index (κ1) is 20.3. The highest BCUT2D eigenvalue weighted by molar-refractivity contribution is 7.18. The lowest BCUT2D eigenvalue weighted by molar-refractivity contribution is -0.118. The fourth-order valence-corrected chi connectivity index (χ4v) is 3.98. The van der Waals surface area contributed by atoms with Gasteiger partial charge >= 0.3 is 0 Å². The molecule has 3 aromatic rings. The standard InChI is InChI=1S/C21H22N4O3S/c1-12-11-15(28-3)9-10-16(12)25(13(2)20(23)27)21-24-19(22)18(29-21)17(26)14-7-5-4-6-8-14/h4-11,13H,22H2,1-3H3,(H2,23,27)/t13-/m1/s1. The van der Waals surface area contributed by atoms with Gasteiger partial charge in [-0.15, -0.1) is 0 Å². The molecule has 0 saturated heterocycles. The Bertz CT molecular complexity index is 1050. The molecule has 1 atom stereocenters. The molecule has 1 amide bonds. The molecule has 0 spiro atoms. The molecule has 7 nitrogen and oxygen atoms in total. The van der Waals surface area contributed by atoms with Crippen molar-refractivity contribution >= 4 is 39.7 Å². The number of benzene rings is 2.